The number of benzene rings is 1. The van der Waals surface area contributed by atoms with Crippen LogP contribution in [0.2, 0.25) is 0 Å². The smallest absolute Gasteiger partial charge is 0.321 e. The lowest BCUT2D eigenvalue weighted by Gasteiger charge is -2.18. The molecule has 1 aromatic heterocycles. The van der Waals surface area contributed by atoms with Crippen molar-refractivity contribution in [3.63, 3.8) is 0 Å². The number of fused-ring (bicyclic) bond motifs is 1. The molecule has 1 atom stereocenters. The number of ether oxygens (including phenoxy) is 1. The number of esters is 1. The number of nitrogens with one attached hydrogen (secondary N) is 2. The second kappa shape index (κ2) is 8.27. The Kier molecular flexibility index (Phi) is 5.82. The van der Waals surface area contributed by atoms with E-state index in [4.69, 9.17) is 4.74 Å². The zero-order valence-corrected chi connectivity index (χ0v) is 15.2. The van der Waals surface area contributed by atoms with E-state index in [9.17, 15) is 14.0 Å². The molecule has 0 fully saturated rings. The van der Waals surface area contributed by atoms with E-state index in [0.29, 0.717) is 37.5 Å². The van der Waals surface area contributed by atoms with Gasteiger partial charge in [0.15, 0.2) is 5.13 Å². The van der Waals surface area contributed by atoms with Gasteiger partial charge in [-0.05, 0) is 43.9 Å². The fraction of sp³-hybridized carbons (Fsp3) is 0.389. The van der Waals surface area contributed by atoms with Gasteiger partial charge in [-0.1, -0.05) is 12.1 Å². The Morgan fingerprint density at radius 3 is 2.85 bits per heavy atom. The fourth-order valence-electron chi connectivity index (χ4n) is 2.82. The van der Waals surface area contributed by atoms with Gasteiger partial charge in [0.05, 0.1) is 18.2 Å². The number of carbonyl (C=O) groups excluding carboxylic acids is 2. The Hall–Kier alpha value is -2.48. The number of thiazole rings is 1. The van der Waals surface area contributed by atoms with Crippen molar-refractivity contribution in [1.29, 1.82) is 0 Å². The van der Waals surface area contributed by atoms with Gasteiger partial charge in [-0.25, -0.2) is 14.2 Å². The lowest BCUT2D eigenvalue weighted by atomic mass is 9.91. The number of carbonyl (C=O) groups is 2. The Morgan fingerprint density at radius 1 is 1.35 bits per heavy atom. The number of halogens is 1. The highest BCUT2D eigenvalue weighted by atomic mass is 32.1. The zero-order chi connectivity index (χ0) is 18.5. The summed E-state index contributed by atoms with van der Waals surface area (Å²) in [5, 5.41) is 5.94. The van der Waals surface area contributed by atoms with Gasteiger partial charge >= 0.3 is 12.0 Å². The molecule has 2 N–H and O–H groups in total. The molecule has 138 valence electrons. The number of amides is 2. The minimum Gasteiger partial charge on any atom is -0.466 e. The van der Waals surface area contributed by atoms with Crippen molar-refractivity contribution in [3.05, 3.63) is 46.2 Å². The maximum absolute atomic E-state index is 12.9. The molecule has 0 aliphatic heterocycles. The number of nitrogens with zero attached hydrogens (tertiary/aromatic N) is 1. The first-order valence-corrected chi connectivity index (χ1v) is 9.31. The van der Waals surface area contributed by atoms with Gasteiger partial charge in [0, 0.05) is 11.4 Å². The second-order valence-electron chi connectivity index (χ2n) is 6.01. The largest absolute Gasteiger partial charge is 0.466 e. The summed E-state index contributed by atoms with van der Waals surface area (Å²) in [6.07, 6.45) is 2.02. The third kappa shape index (κ3) is 4.57. The third-order valence-electron chi connectivity index (χ3n) is 4.15. The Morgan fingerprint density at radius 2 is 2.12 bits per heavy atom. The van der Waals surface area contributed by atoms with Crippen LogP contribution in [-0.2, 0) is 28.9 Å². The quantitative estimate of drug-likeness (QED) is 0.784. The van der Waals surface area contributed by atoms with Crippen molar-refractivity contribution in [3.8, 4) is 0 Å². The lowest BCUT2D eigenvalue weighted by Crippen LogP contribution is -2.28. The van der Waals surface area contributed by atoms with Gasteiger partial charge in [-0.15, -0.1) is 11.3 Å². The van der Waals surface area contributed by atoms with Gasteiger partial charge in [-0.3, -0.25) is 10.1 Å². The monoisotopic (exact) mass is 377 g/mol. The van der Waals surface area contributed by atoms with Crippen LogP contribution >= 0.6 is 11.3 Å². The molecule has 0 spiro atoms. The van der Waals surface area contributed by atoms with E-state index in [0.717, 1.165) is 16.1 Å². The summed E-state index contributed by atoms with van der Waals surface area (Å²) in [7, 11) is 0. The maximum atomic E-state index is 12.9. The van der Waals surface area contributed by atoms with Crippen LogP contribution in [0.5, 0.6) is 0 Å². The summed E-state index contributed by atoms with van der Waals surface area (Å²) in [6.45, 7) is 2.47. The molecular formula is C18H20FN3O3S. The van der Waals surface area contributed by atoms with Crippen LogP contribution in [0.3, 0.4) is 0 Å². The predicted octanol–water partition coefficient (Wildman–Crippen LogP) is 3.27. The van der Waals surface area contributed by atoms with Crippen LogP contribution in [0.4, 0.5) is 14.3 Å². The van der Waals surface area contributed by atoms with Crippen LogP contribution in [0.1, 0.15) is 29.5 Å². The Balaban J connectivity index is 1.54. The predicted molar refractivity (Wildman–Crippen MR) is 96.5 cm³/mol. The minimum absolute atomic E-state index is 0.136. The van der Waals surface area contributed by atoms with Crippen LogP contribution in [0.25, 0.3) is 0 Å². The SMILES string of the molecule is CCOC(=O)C1CCc2nc(NC(=O)NCc3ccc(F)cc3)sc2C1. The van der Waals surface area contributed by atoms with Crippen LogP contribution < -0.4 is 10.6 Å². The number of aryl methyl sites for hydroxylation is 1. The van der Waals surface area contributed by atoms with Gasteiger partial charge < -0.3 is 10.1 Å². The fourth-order valence-corrected chi connectivity index (χ4v) is 3.90. The molecule has 1 aromatic carbocycles. The summed E-state index contributed by atoms with van der Waals surface area (Å²) in [4.78, 5) is 29.4. The molecule has 2 aromatic rings. The second-order valence-corrected chi connectivity index (χ2v) is 7.10. The molecule has 1 aliphatic rings. The average molecular weight is 377 g/mol. The highest BCUT2D eigenvalue weighted by Crippen LogP contribution is 2.32. The van der Waals surface area contributed by atoms with Gasteiger partial charge in [0.1, 0.15) is 5.82 Å². The Bertz CT molecular complexity index is 791. The Labute approximate surface area is 154 Å². The molecule has 0 radical (unpaired) electrons. The van der Waals surface area contributed by atoms with Gasteiger partial charge in [0.25, 0.3) is 0 Å². The molecular weight excluding hydrogens is 357 g/mol. The molecule has 2 amide bonds. The van der Waals surface area contributed by atoms with E-state index in [1.807, 2.05) is 0 Å². The van der Waals surface area contributed by atoms with Gasteiger partial charge in [-0.2, -0.15) is 0 Å². The first-order valence-electron chi connectivity index (χ1n) is 8.49. The van der Waals surface area contributed by atoms with Crippen molar-refractivity contribution >= 4 is 28.5 Å². The van der Waals surface area contributed by atoms with Crippen molar-refractivity contribution in [2.75, 3.05) is 11.9 Å². The van der Waals surface area contributed by atoms with Crippen molar-refractivity contribution in [1.82, 2.24) is 10.3 Å². The number of hydrogen-bond donors (Lipinski definition) is 2. The van der Waals surface area contributed by atoms with Crippen LogP contribution in [-0.4, -0.2) is 23.6 Å². The van der Waals surface area contributed by atoms with E-state index in [-0.39, 0.29) is 23.7 Å². The molecule has 6 nitrogen and oxygen atoms in total. The van der Waals surface area contributed by atoms with Crippen molar-refractivity contribution in [2.24, 2.45) is 5.92 Å². The first-order chi connectivity index (χ1) is 12.5. The lowest BCUT2D eigenvalue weighted by molar-refractivity contribution is -0.148. The highest BCUT2D eigenvalue weighted by Gasteiger charge is 2.28. The van der Waals surface area contributed by atoms with E-state index in [1.165, 1.54) is 23.5 Å². The van der Waals surface area contributed by atoms with E-state index < -0.39 is 0 Å². The molecule has 1 unspecified atom stereocenters. The molecule has 8 heteroatoms. The molecule has 3 rings (SSSR count). The summed E-state index contributed by atoms with van der Waals surface area (Å²) in [6, 6.07) is 5.57. The standard InChI is InChI=1S/C18H20FN3O3S/c1-2-25-16(23)12-5-8-14-15(9-12)26-18(21-14)22-17(24)20-10-11-3-6-13(19)7-4-11/h3-4,6-7,12H,2,5,8-10H2,1H3,(H2,20,21,22,24). The molecule has 0 bridgehead atoms. The summed E-state index contributed by atoms with van der Waals surface area (Å²) in [5.74, 6) is -0.617. The number of hydrogen-bond acceptors (Lipinski definition) is 5. The first kappa shape index (κ1) is 18.3. The maximum Gasteiger partial charge on any atom is 0.321 e. The molecule has 0 saturated carbocycles. The average Bonchev–Trinajstić information content (AvgIpc) is 3.02. The summed E-state index contributed by atoms with van der Waals surface area (Å²) >= 11 is 1.39. The van der Waals surface area contributed by atoms with E-state index in [1.54, 1.807) is 19.1 Å². The van der Waals surface area contributed by atoms with Crippen LogP contribution in [0.15, 0.2) is 24.3 Å². The zero-order valence-electron chi connectivity index (χ0n) is 14.4. The summed E-state index contributed by atoms with van der Waals surface area (Å²) < 4.78 is 18.0. The van der Waals surface area contributed by atoms with Crippen molar-refractivity contribution < 1.29 is 18.7 Å². The number of rotatable bonds is 5. The third-order valence-corrected chi connectivity index (χ3v) is 5.18. The number of urea groups is 1. The molecule has 0 saturated heterocycles. The van der Waals surface area contributed by atoms with Crippen LogP contribution in [0, 0.1) is 11.7 Å². The van der Waals surface area contributed by atoms with E-state index in [2.05, 4.69) is 15.6 Å². The topological polar surface area (TPSA) is 80.3 Å². The minimum atomic E-state index is -0.373. The number of aromatic nitrogens is 1. The van der Waals surface area contributed by atoms with Gasteiger partial charge in [0.2, 0.25) is 0 Å². The molecule has 1 heterocycles. The summed E-state index contributed by atoms with van der Waals surface area (Å²) in [5.41, 5.74) is 1.74. The normalized spacial score (nSPS) is 15.8. The van der Waals surface area contributed by atoms with Crippen molar-refractivity contribution in [2.45, 2.75) is 32.7 Å². The number of anilines is 1. The van der Waals surface area contributed by atoms with E-state index >= 15 is 0 Å². The highest BCUT2D eigenvalue weighted by molar-refractivity contribution is 7.15. The molecule has 26 heavy (non-hydrogen) atoms. The molecule has 1 aliphatic carbocycles.